The van der Waals surface area contributed by atoms with Crippen LogP contribution >= 0.6 is 7.82 Å². The Hall–Kier alpha value is -1.28. The zero-order valence-corrected chi connectivity index (χ0v) is 48.8. The van der Waals surface area contributed by atoms with Crippen LogP contribution in [0.25, 0.3) is 0 Å². The predicted molar refractivity (Wildman–Crippen MR) is 307 cm³/mol. The predicted octanol–water partition coefficient (Wildman–Crippen LogP) is 18.3. The number of allylic oxidation sites excluding steroid dienone is 5. The first-order valence-corrected chi connectivity index (χ1v) is 32.3. The number of carbonyl (C=O) groups is 1. The van der Waals surface area contributed by atoms with E-state index in [2.05, 4.69) is 43.5 Å². The summed E-state index contributed by atoms with van der Waals surface area (Å²) in [5.74, 6) is -0.206. The van der Waals surface area contributed by atoms with E-state index in [-0.39, 0.29) is 12.5 Å². The molecule has 3 atom stereocenters. The maximum Gasteiger partial charge on any atom is 0.268 e. The Kier molecular flexibility index (Phi) is 52.6. The van der Waals surface area contributed by atoms with Crippen LogP contribution in [0.4, 0.5) is 0 Å². The number of carbonyl (C=O) groups excluding carboxylic acids is 1. The van der Waals surface area contributed by atoms with Gasteiger partial charge in [-0.05, 0) is 44.9 Å². The zero-order chi connectivity index (χ0) is 52.0. The Morgan fingerprint density at radius 1 is 0.479 bits per heavy atom. The molecule has 0 spiro atoms. The molecule has 0 aliphatic carbocycles. The van der Waals surface area contributed by atoms with E-state index in [0.29, 0.717) is 17.4 Å². The second kappa shape index (κ2) is 53.5. The Bertz CT molecular complexity index is 1250. The number of nitrogens with one attached hydrogen (secondary N) is 1. The van der Waals surface area contributed by atoms with Gasteiger partial charge in [0.05, 0.1) is 39.9 Å². The van der Waals surface area contributed by atoms with E-state index < -0.39 is 26.6 Å². The summed E-state index contributed by atoms with van der Waals surface area (Å²) in [6.45, 7) is 4.64. The zero-order valence-electron chi connectivity index (χ0n) is 47.9. The van der Waals surface area contributed by atoms with Gasteiger partial charge in [0, 0.05) is 6.42 Å². The summed E-state index contributed by atoms with van der Waals surface area (Å²) in [7, 11) is 1.25. The molecule has 0 aliphatic heterocycles. The molecule has 0 bridgehead atoms. The minimum atomic E-state index is -4.61. The van der Waals surface area contributed by atoms with Gasteiger partial charge in [-0.2, -0.15) is 0 Å². The van der Waals surface area contributed by atoms with Crippen LogP contribution in [0.1, 0.15) is 303 Å². The maximum absolute atomic E-state index is 13.0. The number of phosphoric acid groups is 1. The van der Waals surface area contributed by atoms with E-state index >= 15 is 0 Å². The number of quaternary nitrogens is 1. The average molecular weight is 1020 g/mol. The highest BCUT2D eigenvalue weighted by molar-refractivity contribution is 7.45. The van der Waals surface area contributed by atoms with E-state index in [1.807, 2.05) is 27.2 Å². The lowest BCUT2D eigenvalue weighted by molar-refractivity contribution is -0.870. The largest absolute Gasteiger partial charge is 0.756 e. The SMILES string of the molecule is CCCCCCCC/C=C/CC/C=C/CC/C=C/C(O)C(COP(=O)([O-])OCC[N+](C)(C)C)NC(=O)CCCCCCCCCCCCCCCCCCCCCCCCCCCCCCCCCCC. The maximum atomic E-state index is 13.0. The quantitative estimate of drug-likeness (QED) is 0.0272. The van der Waals surface area contributed by atoms with E-state index in [0.717, 1.165) is 44.9 Å². The number of hydrogen-bond acceptors (Lipinski definition) is 6. The van der Waals surface area contributed by atoms with Gasteiger partial charge in [0.2, 0.25) is 5.91 Å². The van der Waals surface area contributed by atoms with Crippen LogP contribution < -0.4 is 10.2 Å². The summed E-state index contributed by atoms with van der Waals surface area (Å²) < 4.78 is 23.3. The number of likely N-dealkylation sites (N-methyl/N-ethyl adjacent to an activating group) is 1. The molecule has 71 heavy (non-hydrogen) atoms. The van der Waals surface area contributed by atoms with Gasteiger partial charge in [-0.3, -0.25) is 9.36 Å². The molecule has 2 N–H and O–H groups in total. The molecule has 0 saturated heterocycles. The number of amides is 1. The highest BCUT2D eigenvalue weighted by atomic mass is 31.2. The fourth-order valence-electron chi connectivity index (χ4n) is 9.25. The normalized spacial score (nSPS) is 14.1. The Labute approximate surface area is 442 Å². The summed E-state index contributed by atoms with van der Waals surface area (Å²) in [6, 6.07) is -0.907. The third-order valence-corrected chi connectivity index (χ3v) is 15.0. The molecule has 0 aliphatic rings. The number of aliphatic hydroxyl groups excluding tert-OH is 1. The van der Waals surface area contributed by atoms with Crippen molar-refractivity contribution in [3.63, 3.8) is 0 Å². The number of hydrogen-bond donors (Lipinski definition) is 2. The van der Waals surface area contributed by atoms with E-state index in [1.54, 1.807) is 6.08 Å². The van der Waals surface area contributed by atoms with Gasteiger partial charge >= 0.3 is 0 Å². The second-order valence-electron chi connectivity index (χ2n) is 22.4. The van der Waals surface area contributed by atoms with Crippen molar-refractivity contribution in [2.45, 2.75) is 315 Å². The van der Waals surface area contributed by atoms with Crippen molar-refractivity contribution in [2.24, 2.45) is 0 Å². The van der Waals surface area contributed by atoms with Crippen molar-refractivity contribution in [2.75, 3.05) is 40.9 Å². The molecular weight excluding hydrogens is 900 g/mol. The lowest BCUT2D eigenvalue weighted by Crippen LogP contribution is -2.45. The minimum absolute atomic E-state index is 0.00745. The number of aliphatic hydroxyl groups is 1. The van der Waals surface area contributed by atoms with Gasteiger partial charge in [0.1, 0.15) is 13.2 Å². The summed E-state index contributed by atoms with van der Waals surface area (Å²) in [5, 5.41) is 13.8. The van der Waals surface area contributed by atoms with Crippen molar-refractivity contribution in [1.29, 1.82) is 0 Å². The number of phosphoric ester groups is 1. The molecule has 1 amide bonds. The summed E-state index contributed by atoms with van der Waals surface area (Å²) in [5.41, 5.74) is 0. The first kappa shape index (κ1) is 69.7. The van der Waals surface area contributed by atoms with Crippen LogP contribution in [0.3, 0.4) is 0 Å². The van der Waals surface area contributed by atoms with Crippen LogP contribution in [0, 0.1) is 0 Å². The van der Waals surface area contributed by atoms with Crippen LogP contribution in [0.15, 0.2) is 36.5 Å². The molecule has 0 heterocycles. The molecule has 0 saturated carbocycles. The fourth-order valence-corrected chi connectivity index (χ4v) is 9.97. The van der Waals surface area contributed by atoms with E-state index in [9.17, 15) is 19.4 Å². The lowest BCUT2D eigenvalue weighted by atomic mass is 10.0. The van der Waals surface area contributed by atoms with Crippen LogP contribution in [-0.2, 0) is 18.4 Å². The molecule has 0 fully saturated rings. The van der Waals surface area contributed by atoms with E-state index in [4.69, 9.17) is 9.05 Å². The fraction of sp³-hybridized carbons (Fsp3) is 0.887. The smallest absolute Gasteiger partial charge is 0.268 e. The standard InChI is InChI=1S/C62H121N2O6P/c1-6-8-10-12-14-16-18-20-22-24-25-26-27-28-29-30-31-32-33-34-35-36-37-38-39-40-42-44-46-48-50-52-54-56-62(66)63-60(59-70-71(67,68)69-58-57-64(3,4)5)61(65)55-53-51-49-47-45-43-41-23-21-19-17-15-13-11-9-7-2/h21,23,45,47,53,55,60-61,65H,6-20,22,24-44,46,48-52,54,56-59H2,1-5H3,(H-,63,66,67,68)/b23-21+,47-45+,55-53+. The van der Waals surface area contributed by atoms with Gasteiger partial charge in [-0.1, -0.05) is 288 Å². The molecule has 0 aromatic rings. The first-order valence-electron chi connectivity index (χ1n) is 30.9. The number of nitrogens with zero attached hydrogens (tertiary/aromatic N) is 1. The summed E-state index contributed by atoms with van der Waals surface area (Å²) in [6.07, 6.45) is 69.7. The van der Waals surface area contributed by atoms with E-state index in [1.165, 1.54) is 238 Å². The van der Waals surface area contributed by atoms with Crippen molar-refractivity contribution >= 4 is 13.7 Å². The Balaban J connectivity index is 4.03. The molecule has 0 aromatic heterocycles. The van der Waals surface area contributed by atoms with Crippen LogP contribution in [0.5, 0.6) is 0 Å². The third-order valence-electron chi connectivity index (χ3n) is 14.1. The lowest BCUT2D eigenvalue weighted by Gasteiger charge is -2.29. The monoisotopic (exact) mass is 1020 g/mol. The number of rotatable bonds is 57. The summed E-state index contributed by atoms with van der Waals surface area (Å²) >= 11 is 0. The topological polar surface area (TPSA) is 108 Å². The van der Waals surface area contributed by atoms with Crippen molar-refractivity contribution in [1.82, 2.24) is 5.32 Å². The van der Waals surface area contributed by atoms with Crippen molar-refractivity contribution < 1.29 is 32.9 Å². The van der Waals surface area contributed by atoms with Crippen LogP contribution in [-0.4, -0.2) is 68.5 Å². The third kappa shape index (κ3) is 56.3. The minimum Gasteiger partial charge on any atom is -0.756 e. The van der Waals surface area contributed by atoms with Gasteiger partial charge in [0.15, 0.2) is 0 Å². The molecule has 0 radical (unpaired) electrons. The number of unbranched alkanes of at least 4 members (excludes halogenated alkanes) is 40. The molecule has 420 valence electrons. The van der Waals surface area contributed by atoms with Crippen molar-refractivity contribution in [3.05, 3.63) is 36.5 Å². The van der Waals surface area contributed by atoms with Crippen LogP contribution in [0.2, 0.25) is 0 Å². The second-order valence-corrected chi connectivity index (χ2v) is 23.8. The average Bonchev–Trinajstić information content (AvgIpc) is 3.33. The molecular formula is C62H121N2O6P. The summed E-state index contributed by atoms with van der Waals surface area (Å²) in [4.78, 5) is 25.5. The molecule has 3 unspecified atom stereocenters. The van der Waals surface area contributed by atoms with Crippen molar-refractivity contribution in [3.8, 4) is 0 Å². The highest BCUT2D eigenvalue weighted by Gasteiger charge is 2.23. The molecule has 0 rings (SSSR count). The molecule has 8 nitrogen and oxygen atoms in total. The van der Waals surface area contributed by atoms with Gasteiger partial charge < -0.3 is 28.8 Å². The first-order chi connectivity index (χ1) is 34.5. The molecule has 0 aromatic carbocycles. The van der Waals surface area contributed by atoms with Gasteiger partial charge in [-0.25, -0.2) is 0 Å². The van der Waals surface area contributed by atoms with Gasteiger partial charge in [-0.15, -0.1) is 0 Å². The Morgan fingerprint density at radius 2 is 0.789 bits per heavy atom. The van der Waals surface area contributed by atoms with Gasteiger partial charge in [0.25, 0.3) is 7.82 Å². The highest BCUT2D eigenvalue weighted by Crippen LogP contribution is 2.38. The Morgan fingerprint density at radius 3 is 1.14 bits per heavy atom. The molecule has 9 heteroatoms.